The van der Waals surface area contributed by atoms with Gasteiger partial charge in [-0.05, 0) is 42.5 Å². The Balaban J connectivity index is 1.84. The molecule has 8 heteroatoms. The molecule has 0 fully saturated rings. The molecule has 0 amide bonds. The van der Waals surface area contributed by atoms with Gasteiger partial charge in [-0.3, -0.25) is 0 Å². The number of rotatable bonds is 5. The van der Waals surface area contributed by atoms with Crippen molar-refractivity contribution in [2.45, 2.75) is 6.04 Å². The molecular weight excluding hydrogens is 424 g/mol. The topological polar surface area (TPSA) is 70.4 Å². The number of anilines is 1. The van der Waals surface area contributed by atoms with E-state index in [1.807, 2.05) is 41.1 Å². The minimum Gasteiger partial charge on any atom is -0.496 e. The van der Waals surface area contributed by atoms with Crippen molar-refractivity contribution in [1.29, 1.82) is 0 Å². The van der Waals surface area contributed by atoms with Crippen LogP contribution in [0.15, 0.2) is 53.3 Å². The van der Waals surface area contributed by atoms with E-state index >= 15 is 0 Å². The van der Waals surface area contributed by atoms with E-state index in [4.69, 9.17) is 14.2 Å². The molecule has 1 aliphatic rings. The maximum atomic E-state index is 5.58. The average molecular weight is 443 g/mol. The number of nitrogens with one attached hydrogen (secondary N) is 1. The highest BCUT2D eigenvalue weighted by atomic mass is 79.9. The Kier molecular flexibility index (Phi) is 4.95. The SMILES string of the molecule is COc1ccc(C2=CC(c3cc(Br)ccc3OC)n3ncnc3N2)cc1OC. The Morgan fingerprint density at radius 3 is 2.46 bits per heavy atom. The molecule has 28 heavy (non-hydrogen) atoms. The fourth-order valence-electron chi connectivity index (χ4n) is 3.26. The molecule has 0 saturated carbocycles. The maximum Gasteiger partial charge on any atom is 0.226 e. The summed E-state index contributed by atoms with van der Waals surface area (Å²) in [7, 11) is 4.90. The third-order valence-corrected chi connectivity index (χ3v) is 5.11. The lowest BCUT2D eigenvalue weighted by Crippen LogP contribution is -2.20. The first-order chi connectivity index (χ1) is 13.6. The van der Waals surface area contributed by atoms with Crippen LogP contribution >= 0.6 is 15.9 Å². The minimum absolute atomic E-state index is 0.186. The standard InChI is InChI=1S/C20H19BrN4O3/c1-26-17-7-5-13(21)9-14(17)16-10-15(24-20-22-11-23-25(16)20)12-4-6-18(27-2)19(8-12)28-3/h4-11,16H,1-3H3,(H,22,23,24). The predicted octanol–water partition coefficient (Wildman–Crippen LogP) is 4.12. The molecule has 0 bridgehead atoms. The second-order valence-corrected chi connectivity index (χ2v) is 7.05. The number of benzene rings is 2. The van der Waals surface area contributed by atoms with E-state index in [9.17, 15) is 0 Å². The third-order valence-electron chi connectivity index (χ3n) is 4.61. The van der Waals surface area contributed by atoms with Gasteiger partial charge < -0.3 is 19.5 Å². The van der Waals surface area contributed by atoms with Gasteiger partial charge in [0.05, 0.1) is 21.3 Å². The summed E-state index contributed by atoms with van der Waals surface area (Å²) in [5, 5.41) is 7.73. The van der Waals surface area contributed by atoms with Gasteiger partial charge in [0, 0.05) is 21.3 Å². The molecule has 4 rings (SSSR count). The van der Waals surface area contributed by atoms with Crippen LogP contribution in [-0.2, 0) is 0 Å². The summed E-state index contributed by atoms with van der Waals surface area (Å²) in [4.78, 5) is 4.35. The Morgan fingerprint density at radius 2 is 1.71 bits per heavy atom. The van der Waals surface area contributed by atoms with Crippen molar-refractivity contribution >= 4 is 27.6 Å². The molecule has 144 valence electrons. The van der Waals surface area contributed by atoms with E-state index in [-0.39, 0.29) is 6.04 Å². The molecule has 1 unspecified atom stereocenters. The highest BCUT2D eigenvalue weighted by Crippen LogP contribution is 2.38. The number of allylic oxidation sites excluding steroid dienone is 1. The van der Waals surface area contributed by atoms with Crippen LogP contribution in [0.5, 0.6) is 17.2 Å². The van der Waals surface area contributed by atoms with E-state index in [1.165, 1.54) is 6.33 Å². The van der Waals surface area contributed by atoms with Crippen molar-refractivity contribution in [3.05, 3.63) is 64.4 Å². The first kappa shape index (κ1) is 18.4. The predicted molar refractivity (Wildman–Crippen MR) is 110 cm³/mol. The van der Waals surface area contributed by atoms with Gasteiger partial charge >= 0.3 is 0 Å². The summed E-state index contributed by atoms with van der Waals surface area (Å²) in [6, 6.07) is 11.5. The monoisotopic (exact) mass is 442 g/mol. The van der Waals surface area contributed by atoms with Gasteiger partial charge in [0.2, 0.25) is 5.95 Å². The first-order valence-electron chi connectivity index (χ1n) is 8.58. The van der Waals surface area contributed by atoms with Gasteiger partial charge in [-0.2, -0.15) is 10.1 Å². The molecule has 0 aliphatic carbocycles. The highest BCUT2D eigenvalue weighted by Gasteiger charge is 2.26. The lowest BCUT2D eigenvalue weighted by atomic mass is 10.0. The van der Waals surface area contributed by atoms with Crippen molar-refractivity contribution in [3.63, 3.8) is 0 Å². The van der Waals surface area contributed by atoms with Crippen molar-refractivity contribution < 1.29 is 14.2 Å². The third kappa shape index (κ3) is 3.20. The fourth-order valence-corrected chi connectivity index (χ4v) is 3.64. The van der Waals surface area contributed by atoms with Crippen molar-refractivity contribution in [3.8, 4) is 17.2 Å². The normalized spacial score (nSPS) is 15.3. The van der Waals surface area contributed by atoms with Crippen LogP contribution in [0.3, 0.4) is 0 Å². The number of nitrogens with zero attached hydrogens (tertiary/aromatic N) is 3. The molecule has 1 aliphatic heterocycles. The number of ether oxygens (including phenoxy) is 3. The highest BCUT2D eigenvalue weighted by molar-refractivity contribution is 9.10. The number of halogens is 1. The molecule has 0 saturated heterocycles. The molecule has 7 nitrogen and oxygen atoms in total. The lowest BCUT2D eigenvalue weighted by Gasteiger charge is -2.26. The van der Waals surface area contributed by atoms with E-state index in [1.54, 1.807) is 21.3 Å². The largest absolute Gasteiger partial charge is 0.496 e. The van der Waals surface area contributed by atoms with Gasteiger partial charge in [0.15, 0.2) is 11.5 Å². The zero-order valence-corrected chi connectivity index (χ0v) is 17.2. The van der Waals surface area contributed by atoms with Crippen molar-refractivity contribution in [2.24, 2.45) is 0 Å². The number of aromatic nitrogens is 3. The quantitative estimate of drug-likeness (QED) is 0.640. The fraction of sp³-hybridized carbons (Fsp3) is 0.200. The van der Waals surface area contributed by atoms with Gasteiger partial charge in [0.1, 0.15) is 18.1 Å². The summed E-state index contributed by atoms with van der Waals surface area (Å²) in [5.74, 6) is 2.76. The van der Waals surface area contributed by atoms with E-state index in [0.717, 1.165) is 27.0 Å². The van der Waals surface area contributed by atoms with Crippen LogP contribution in [0.4, 0.5) is 5.95 Å². The van der Waals surface area contributed by atoms with Crippen LogP contribution in [0, 0.1) is 0 Å². The molecule has 2 aromatic carbocycles. The van der Waals surface area contributed by atoms with Gasteiger partial charge in [-0.15, -0.1) is 0 Å². The van der Waals surface area contributed by atoms with Crippen LogP contribution < -0.4 is 19.5 Å². The number of fused-ring (bicyclic) bond motifs is 1. The molecule has 0 spiro atoms. The summed E-state index contributed by atoms with van der Waals surface area (Å²) in [5.41, 5.74) is 2.82. The first-order valence-corrected chi connectivity index (χ1v) is 9.38. The van der Waals surface area contributed by atoms with Crippen LogP contribution in [0.1, 0.15) is 17.2 Å². The van der Waals surface area contributed by atoms with Gasteiger partial charge in [-0.1, -0.05) is 15.9 Å². The zero-order valence-electron chi connectivity index (χ0n) is 15.6. The summed E-state index contributed by atoms with van der Waals surface area (Å²) in [6.07, 6.45) is 3.62. The molecule has 0 radical (unpaired) electrons. The Hall–Kier alpha value is -3.00. The molecule has 1 aromatic heterocycles. The molecule has 2 heterocycles. The summed E-state index contributed by atoms with van der Waals surface area (Å²) < 4.78 is 19.2. The smallest absolute Gasteiger partial charge is 0.226 e. The van der Waals surface area contributed by atoms with E-state index in [2.05, 4.69) is 37.4 Å². The van der Waals surface area contributed by atoms with Crippen LogP contribution in [0.25, 0.3) is 5.70 Å². The number of hydrogen-bond donors (Lipinski definition) is 1. The summed E-state index contributed by atoms with van der Waals surface area (Å²) >= 11 is 3.55. The second kappa shape index (κ2) is 7.55. The zero-order chi connectivity index (χ0) is 19.7. The van der Waals surface area contributed by atoms with Gasteiger partial charge in [-0.25, -0.2) is 4.68 Å². The van der Waals surface area contributed by atoms with Crippen LogP contribution in [0.2, 0.25) is 0 Å². The Labute approximate surface area is 171 Å². The van der Waals surface area contributed by atoms with Gasteiger partial charge in [0.25, 0.3) is 0 Å². The maximum absolute atomic E-state index is 5.58. The second-order valence-electron chi connectivity index (χ2n) is 6.13. The Bertz CT molecular complexity index is 1050. The molecular formula is C20H19BrN4O3. The van der Waals surface area contributed by atoms with E-state index < -0.39 is 0 Å². The Morgan fingerprint density at radius 1 is 0.964 bits per heavy atom. The van der Waals surface area contributed by atoms with Crippen molar-refractivity contribution in [2.75, 3.05) is 26.6 Å². The number of hydrogen-bond acceptors (Lipinski definition) is 6. The summed E-state index contributed by atoms with van der Waals surface area (Å²) in [6.45, 7) is 0. The van der Waals surface area contributed by atoms with E-state index in [0.29, 0.717) is 17.4 Å². The van der Waals surface area contributed by atoms with Crippen LogP contribution in [-0.4, -0.2) is 36.1 Å². The molecule has 3 aromatic rings. The molecule has 1 atom stereocenters. The lowest BCUT2D eigenvalue weighted by molar-refractivity contribution is 0.355. The average Bonchev–Trinajstić information content (AvgIpc) is 3.21. The minimum atomic E-state index is -0.186. The number of methoxy groups -OCH3 is 3. The van der Waals surface area contributed by atoms with Crippen molar-refractivity contribution in [1.82, 2.24) is 14.8 Å². The molecule has 1 N–H and O–H groups in total.